The normalized spacial score (nSPS) is 10.4. The molecule has 3 aromatic rings. The van der Waals surface area contributed by atoms with Gasteiger partial charge < -0.3 is 10.6 Å². The molecule has 1 amide bonds. The van der Waals surface area contributed by atoms with Crippen LogP contribution in [0.1, 0.15) is 28.5 Å². The van der Waals surface area contributed by atoms with E-state index >= 15 is 0 Å². The maximum Gasteiger partial charge on any atom is 0.274 e. The Morgan fingerprint density at radius 3 is 2.50 bits per heavy atom. The van der Waals surface area contributed by atoms with Crippen LogP contribution >= 0.6 is 0 Å². The van der Waals surface area contributed by atoms with Gasteiger partial charge in [0.25, 0.3) is 5.91 Å². The van der Waals surface area contributed by atoms with Crippen molar-refractivity contribution in [2.75, 3.05) is 10.6 Å². The van der Waals surface area contributed by atoms with E-state index in [1.807, 2.05) is 31.2 Å². The van der Waals surface area contributed by atoms with Crippen molar-refractivity contribution in [1.29, 1.82) is 0 Å². The van der Waals surface area contributed by atoms with E-state index < -0.39 is 0 Å². The lowest BCUT2D eigenvalue weighted by molar-refractivity contribution is 0.102. The molecule has 0 unspecified atom stereocenters. The van der Waals surface area contributed by atoms with Crippen LogP contribution in [0, 0.1) is 5.82 Å². The highest BCUT2D eigenvalue weighted by Gasteiger charge is 2.09. The van der Waals surface area contributed by atoms with E-state index in [1.54, 1.807) is 30.5 Å². The smallest absolute Gasteiger partial charge is 0.274 e. The molecule has 2 aromatic carbocycles. The van der Waals surface area contributed by atoms with Gasteiger partial charge in [-0.25, -0.2) is 9.37 Å². The second-order valence-electron chi connectivity index (χ2n) is 5.88. The van der Waals surface area contributed by atoms with Gasteiger partial charge >= 0.3 is 0 Å². The van der Waals surface area contributed by atoms with Crippen LogP contribution in [-0.4, -0.2) is 10.9 Å². The minimum Gasteiger partial charge on any atom is -0.380 e. The zero-order chi connectivity index (χ0) is 18.4. The molecule has 0 saturated heterocycles. The van der Waals surface area contributed by atoms with Crippen LogP contribution in [0.25, 0.3) is 0 Å². The van der Waals surface area contributed by atoms with E-state index in [1.165, 1.54) is 12.1 Å². The first kappa shape index (κ1) is 17.6. The number of hydrogen-bond donors (Lipinski definition) is 2. The third-order valence-electron chi connectivity index (χ3n) is 4.05. The van der Waals surface area contributed by atoms with Crippen LogP contribution < -0.4 is 10.6 Å². The molecule has 132 valence electrons. The van der Waals surface area contributed by atoms with Gasteiger partial charge in [0, 0.05) is 12.2 Å². The summed E-state index contributed by atoms with van der Waals surface area (Å²) in [6.45, 7) is 2.60. The monoisotopic (exact) mass is 349 g/mol. The maximum absolute atomic E-state index is 12.9. The van der Waals surface area contributed by atoms with Crippen LogP contribution in [0.4, 0.5) is 15.8 Å². The third kappa shape index (κ3) is 4.45. The van der Waals surface area contributed by atoms with Gasteiger partial charge in [0.2, 0.25) is 0 Å². The lowest BCUT2D eigenvalue weighted by Gasteiger charge is -2.10. The number of carbonyl (C=O) groups is 1. The van der Waals surface area contributed by atoms with Crippen molar-refractivity contribution in [2.45, 2.75) is 19.9 Å². The van der Waals surface area contributed by atoms with E-state index in [0.29, 0.717) is 12.2 Å². The molecule has 1 aromatic heterocycles. The highest BCUT2D eigenvalue weighted by molar-refractivity contribution is 6.03. The van der Waals surface area contributed by atoms with Crippen LogP contribution in [-0.2, 0) is 13.0 Å². The number of nitrogens with one attached hydrogen (secondary N) is 2. The zero-order valence-electron chi connectivity index (χ0n) is 14.5. The van der Waals surface area contributed by atoms with E-state index in [2.05, 4.69) is 15.6 Å². The first-order valence-corrected chi connectivity index (χ1v) is 8.49. The van der Waals surface area contributed by atoms with Gasteiger partial charge in [-0.15, -0.1) is 0 Å². The number of hydrogen-bond acceptors (Lipinski definition) is 3. The zero-order valence-corrected chi connectivity index (χ0v) is 14.5. The van der Waals surface area contributed by atoms with Crippen LogP contribution in [0.5, 0.6) is 0 Å². The van der Waals surface area contributed by atoms with Gasteiger partial charge in [-0.3, -0.25) is 4.79 Å². The number of benzene rings is 2. The van der Waals surface area contributed by atoms with Gasteiger partial charge in [0.1, 0.15) is 11.5 Å². The molecule has 0 radical (unpaired) electrons. The standard InChI is InChI=1S/C21H20FN3O/c1-2-16-5-3-4-6-19(16)25-21(26)20-12-11-18(14-24-20)23-13-15-7-9-17(22)10-8-15/h3-12,14,23H,2,13H2,1H3,(H,25,26). The number of aromatic nitrogens is 1. The summed E-state index contributed by atoms with van der Waals surface area (Å²) in [6, 6.07) is 17.5. The van der Waals surface area contributed by atoms with Gasteiger partial charge in [0.05, 0.1) is 11.9 Å². The molecular weight excluding hydrogens is 329 g/mol. The summed E-state index contributed by atoms with van der Waals surface area (Å²) in [6.07, 6.45) is 2.46. The van der Waals surface area contributed by atoms with Gasteiger partial charge in [-0.2, -0.15) is 0 Å². The van der Waals surface area contributed by atoms with Gasteiger partial charge in [0.15, 0.2) is 0 Å². The van der Waals surface area contributed by atoms with Gasteiger partial charge in [-0.05, 0) is 47.9 Å². The maximum atomic E-state index is 12.9. The Kier molecular flexibility index (Phi) is 5.59. The third-order valence-corrected chi connectivity index (χ3v) is 4.05. The van der Waals surface area contributed by atoms with Crippen molar-refractivity contribution in [3.8, 4) is 0 Å². The van der Waals surface area contributed by atoms with Gasteiger partial charge in [-0.1, -0.05) is 37.3 Å². The molecule has 3 rings (SSSR count). The number of anilines is 2. The lowest BCUT2D eigenvalue weighted by Crippen LogP contribution is -2.14. The molecule has 0 saturated carbocycles. The molecule has 0 bridgehead atoms. The highest BCUT2D eigenvalue weighted by atomic mass is 19.1. The molecular formula is C21H20FN3O. The molecule has 26 heavy (non-hydrogen) atoms. The fraction of sp³-hybridized carbons (Fsp3) is 0.143. The summed E-state index contributed by atoms with van der Waals surface area (Å²) in [5.74, 6) is -0.494. The number of pyridine rings is 1. The minimum atomic E-state index is -0.254. The van der Waals surface area contributed by atoms with Crippen molar-refractivity contribution < 1.29 is 9.18 Å². The predicted octanol–water partition coefficient (Wildman–Crippen LogP) is 4.65. The molecule has 0 spiro atoms. The number of para-hydroxylation sites is 1. The number of aryl methyl sites for hydroxylation is 1. The first-order chi connectivity index (χ1) is 12.7. The van der Waals surface area contributed by atoms with E-state index in [0.717, 1.165) is 28.9 Å². The number of rotatable bonds is 6. The molecule has 0 aliphatic carbocycles. The first-order valence-electron chi connectivity index (χ1n) is 8.49. The second kappa shape index (κ2) is 8.25. The fourth-order valence-electron chi connectivity index (χ4n) is 2.58. The average molecular weight is 349 g/mol. The number of nitrogens with zero attached hydrogens (tertiary/aromatic N) is 1. The molecule has 0 fully saturated rings. The summed E-state index contributed by atoms with van der Waals surface area (Å²) in [5.41, 5.74) is 3.99. The van der Waals surface area contributed by atoms with E-state index in [9.17, 15) is 9.18 Å². The molecule has 0 aliphatic heterocycles. The number of carbonyl (C=O) groups excluding carboxylic acids is 1. The average Bonchev–Trinajstić information content (AvgIpc) is 2.68. The molecule has 4 nitrogen and oxygen atoms in total. The molecule has 5 heteroatoms. The van der Waals surface area contributed by atoms with Crippen LogP contribution in [0.3, 0.4) is 0 Å². The summed E-state index contributed by atoms with van der Waals surface area (Å²) >= 11 is 0. The number of halogens is 1. The Labute approximate surface area is 152 Å². The summed E-state index contributed by atoms with van der Waals surface area (Å²) < 4.78 is 12.9. The molecule has 1 heterocycles. The van der Waals surface area contributed by atoms with Crippen molar-refractivity contribution in [3.05, 3.63) is 89.5 Å². The Hall–Kier alpha value is -3.21. The predicted molar refractivity (Wildman–Crippen MR) is 102 cm³/mol. The Bertz CT molecular complexity index is 877. The van der Waals surface area contributed by atoms with Crippen molar-refractivity contribution >= 4 is 17.3 Å². The van der Waals surface area contributed by atoms with Crippen molar-refractivity contribution in [2.24, 2.45) is 0 Å². The Balaban J connectivity index is 1.61. The largest absolute Gasteiger partial charge is 0.380 e. The second-order valence-corrected chi connectivity index (χ2v) is 5.88. The topological polar surface area (TPSA) is 54.0 Å². The molecule has 2 N–H and O–H groups in total. The fourth-order valence-corrected chi connectivity index (χ4v) is 2.58. The highest BCUT2D eigenvalue weighted by Crippen LogP contribution is 2.17. The Morgan fingerprint density at radius 2 is 1.81 bits per heavy atom. The quantitative estimate of drug-likeness (QED) is 0.681. The molecule has 0 atom stereocenters. The summed E-state index contributed by atoms with van der Waals surface area (Å²) in [7, 11) is 0. The van der Waals surface area contributed by atoms with Crippen LogP contribution in [0.2, 0.25) is 0 Å². The SMILES string of the molecule is CCc1ccccc1NC(=O)c1ccc(NCc2ccc(F)cc2)cn1. The minimum absolute atomic E-state index is 0.240. The Morgan fingerprint density at radius 1 is 1.04 bits per heavy atom. The summed E-state index contributed by atoms with van der Waals surface area (Å²) in [4.78, 5) is 16.6. The van der Waals surface area contributed by atoms with Crippen molar-refractivity contribution in [3.63, 3.8) is 0 Å². The lowest BCUT2D eigenvalue weighted by atomic mass is 10.1. The van der Waals surface area contributed by atoms with E-state index in [4.69, 9.17) is 0 Å². The molecule has 0 aliphatic rings. The van der Waals surface area contributed by atoms with E-state index in [-0.39, 0.29) is 11.7 Å². The summed E-state index contributed by atoms with van der Waals surface area (Å²) in [5, 5.41) is 6.10. The van der Waals surface area contributed by atoms with Crippen molar-refractivity contribution in [1.82, 2.24) is 4.98 Å². The number of amides is 1. The van der Waals surface area contributed by atoms with Crippen LogP contribution in [0.15, 0.2) is 66.9 Å².